The summed E-state index contributed by atoms with van der Waals surface area (Å²) in [6, 6.07) is 3.55. The van der Waals surface area contributed by atoms with Gasteiger partial charge in [0.1, 0.15) is 29.5 Å². The molecule has 3 aromatic rings. The molecular weight excluding hydrogens is 532 g/mol. The molecule has 0 spiro atoms. The van der Waals surface area contributed by atoms with Gasteiger partial charge in [-0.15, -0.1) is 0 Å². The molecule has 216 valence electrons. The van der Waals surface area contributed by atoms with Crippen molar-refractivity contribution >= 4 is 17.6 Å². The van der Waals surface area contributed by atoms with Gasteiger partial charge in [-0.3, -0.25) is 9.20 Å². The highest BCUT2D eigenvalue weighted by molar-refractivity contribution is 5.95. The van der Waals surface area contributed by atoms with Crippen LogP contribution in [0.3, 0.4) is 0 Å². The number of carbonyl (C=O) groups is 2. The summed E-state index contributed by atoms with van der Waals surface area (Å²) in [6.45, 7) is 7.15. The molecule has 1 unspecified atom stereocenters. The predicted molar refractivity (Wildman–Crippen MR) is 139 cm³/mol. The van der Waals surface area contributed by atoms with Gasteiger partial charge in [-0.05, 0) is 64.3 Å². The Morgan fingerprint density at radius 3 is 2.50 bits per heavy atom. The van der Waals surface area contributed by atoms with Crippen molar-refractivity contribution in [1.29, 1.82) is 0 Å². The van der Waals surface area contributed by atoms with Crippen molar-refractivity contribution in [1.82, 2.24) is 19.6 Å². The fourth-order valence-corrected chi connectivity index (χ4v) is 4.43. The van der Waals surface area contributed by atoms with Crippen LogP contribution in [-0.4, -0.2) is 56.9 Å². The SMILES string of the molecule is CCC(C)(C)OC(=O)N1CCC(NC(=O)c2c(C)nc3c(OCc4c(F)cccc4F)cc(C)cn23)C(F)(F)C1. The van der Waals surface area contributed by atoms with E-state index in [1.165, 1.54) is 10.5 Å². The van der Waals surface area contributed by atoms with Crippen molar-refractivity contribution in [2.75, 3.05) is 13.1 Å². The van der Waals surface area contributed by atoms with E-state index in [2.05, 4.69) is 10.3 Å². The van der Waals surface area contributed by atoms with Crippen LogP contribution < -0.4 is 10.1 Å². The third-order valence-electron chi connectivity index (χ3n) is 7.02. The molecule has 1 aliphatic heterocycles. The molecule has 12 heteroatoms. The number of fused-ring (bicyclic) bond motifs is 1. The second-order valence-corrected chi connectivity index (χ2v) is 10.6. The number of hydrogen-bond donors (Lipinski definition) is 1. The molecular formula is C28H32F4N4O4. The average molecular weight is 565 g/mol. The highest BCUT2D eigenvalue weighted by atomic mass is 19.3. The number of nitrogens with one attached hydrogen (secondary N) is 1. The van der Waals surface area contributed by atoms with Crippen LogP contribution in [-0.2, 0) is 11.3 Å². The second kappa shape index (κ2) is 11.0. The van der Waals surface area contributed by atoms with Crippen molar-refractivity contribution < 1.29 is 36.6 Å². The van der Waals surface area contributed by atoms with Crippen molar-refractivity contribution in [2.24, 2.45) is 0 Å². The number of imidazole rings is 1. The minimum atomic E-state index is -3.41. The van der Waals surface area contributed by atoms with Gasteiger partial charge in [0.2, 0.25) is 0 Å². The predicted octanol–water partition coefficient (Wildman–Crippen LogP) is 5.57. The number of aromatic nitrogens is 2. The summed E-state index contributed by atoms with van der Waals surface area (Å²) >= 11 is 0. The van der Waals surface area contributed by atoms with E-state index in [1.807, 2.05) is 6.92 Å². The summed E-state index contributed by atoms with van der Waals surface area (Å²) in [7, 11) is 0. The fraction of sp³-hybridized carbons (Fsp3) is 0.464. The Morgan fingerprint density at radius 1 is 1.20 bits per heavy atom. The van der Waals surface area contributed by atoms with E-state index in [-0.39, 0.29) is 41.3 Å². The summed E-state index contributed by atoms with van der Waals surface area (Å²) in [5, 5.41) is 2.41. The van der Waals surface area contributed by atoms with Gasteiger partial charge in [0.05, 0.1) is 23.8 Å². The van der Waals surface area contributed by atoms with Gasteiger partial charge in [-0.1, -0.05) is 13.0 Å². The number of pyridine rings is 1. The first kappa shape index (κ1) is 29.2. The van der Waals surface area contributed by atoms with Crippen LogP contribution >= 0.6 is 0 Å². The van der Waals surface area contributed by atoms with Crippen LogP contribution in [0.1, 0.15) is 60.9 Å². The zero-order valence-electron chi connectivity index (χ0n) is 23.0. The number of benzene rings is 1. The molecule has 1 aromatic carbocycles. The Hall–Kier alpha value is -3.83. The number of rotatable bonds is 7. The summed E-state index contributed by atoms with van der Waals surface area (Å²) in [4.78, 5) is 31.0. The Labute approximate surface area is 229 Å². The van der Waals surface area contributed by atoms with E-state index in [0.29, 0.717) is 12.0 Å². The molecule has 2 aromatic heterocycles. The van der Waals surface area contributed by atoms with Crippen LogP contribution in [0, 0.1) is 25.5 Å². The second-order valence-electron chi connectivity index (χ2n) is 10.6. The van der Waals surface area contributed by atoms with E-state index < -0.39 is 54.4 Å². The van der Waals surface area contributed by atoms with E-state index in [0.717, 1.165) is 17.0 Å². The topological polar surface area (TPSA) is 85.2 Å². The Balaban J connectivity index is 1.53. The number of piperidine rings is 1. The Kier molecular flexibility index (Phi) is 8.00. The number of alkyl halides is 2. The van der Waals surface area contributed by atoms with Crippen LogP contribution in [0.15, 0.2) is 30.5 Å². The molecule has 1 aliphatic rings. The van der Waals surface area contributed by atoms with Crippen molar-refractivity contribution in [3.8, 4) is 5.75 Å². The molecule has 0 saturated carbocycles. The molecule has 4 rings (SSSR count). The summed E-state index contributed by atoms with van der Waals surface area (Å²) in [6.07, 6.45) is 1.10. The van der Waals surface area contributed by atoms with Crippen LogP contribution in [0.5, 0.6) is 5.75 Å². The van der Waals surface area contributed by atoms with E-state index in [1.54, 1.807) is 40.0 Å². The number of halogens is 4. The van der Waals surface area contributed by atoms with Gasteiger partial charge in [0.25, 0.3) is 11.8 Å². The average Bonchev–Trinajstić information content (AvgIpc) is 3.20. The minimum absolute atomic E-state index is 0.0166. The summed E-state index contributed by atoms with van der Waals surface area (Å²) in [5.74, 6) is -5.56. The van der Waals surface area contributed by atoms with Crippen molar-refractivity contribution in [3.05, 3.63) is 64.6 Å². The normalized spacial score (nSPS) is 17.1. The number of carbonyl (C=O) groups excluding carboxylic acids is 2. The maximum Gasteiger partial charge on any atom is 0.410 e. The minimum Gasteiger partial charge on any atom is -0.485 e. The highest BCUT2D eigenvalue weighted by Gasteiger charge is 2.47. The van der Waals surface area contributed by atoms with Crippen LogP contribution in [0.4, 0.5) is 22.4 Å². The number of nitrogens with zero attached hydrogens (tertiary/aromatic N) is 3. The van der Waals surface area contributed by atoms with Gasteiger partial charge in [-0.2, -0.15) is 0 Å². The lowest BCUT2D eigenvalue weighted by Crippen LogP contribution is -2.59. The molecule has 8 nitrogen and oxygen atoms in total. The molecule has 2 amide bonds. The number of ether oxygens (including phenoxy) is 2. The standard InChI is InChI=1S/C28H32F4N4O4/c1-6-27(4,5)40-26(38)35-11-10-22(28(31,32)15-35)34-25(37)23-17(3)33-24-21(12-16(2)13-36(23)24)39-14-18-19(29)8-7-9-20(18)30/h7-9,12-13,22H,6,10-11,14-15H2,1-5H3,(H,34,37). The van der Waals surface area contributed by atoms with Gasteiger partial charge < -0.3 is 19.7 Å². The molecule has 1 atom stereocenters. The lowest BCUT2D eigenvalue weighted by atomic mass is 10.0. The molecule has 1 fully saturated rings. The van der Waals surface area contributed by atoms with Gasteiger partial charge in [-0.25, -0.2) is 27.3 Å². The zero-order chi connectivity index (χ0) is 29.4. The summed E-state index contributed by atoms with van der Waals surface area (Å²) < 4.78 is 70.8. The molecule has 0 radical (unpaired) electrons. The Morgan fingerprint density at radius 2 is 1.88 bits per heavy atom. The van der Waals surface area contributed by atoms with E-state index >= 15 is 8.78 Å². The lowest BCUT2D eigenvalue weighted by Gasteiger charge is -2.39. The molecule has 40 heavy (non-hydrogen) atoms. The van der Waals surface area contributed by atoms with Gasteiger partial charge in [0.15, 0.2) is 11.4 Å². The fourth-order valence-electron chi connectivity index (χ4n) is 4.43. The number of likely N-dealkylation sites (tertiary alicyclic amines) is 1. The van der Waals surface area contributed by atoms with Gasteiger partial charge >= 0.3 is 6.09 Å². The van der Waals surface area contributed by atoms with E-state index in [4.69, 9.17) is 9.47 Å². The maximum atomic E-state index is 15.1. The number of aryl methyl sites for hydroxylation is 2. The lowest BCUT2D eigenvalue weighted by molar-refractivity contribution is -0.0902. The molecule has 3 heterocycles. The maximum absolute atomic E-state index is 15.1. The first-order valence-electron chi connectivity index (χ1n) is 12.9. The number of hydrogen-bond acceptors (Lipinski definition) is 5. The third kappa shape index (κ3) is 6.00. The first-order chi connectivity index (χ1) is 18.7. The molecule has 0 bridgehead atoms. The number of amides is 2. The highest BCUT2D eigenvalue weighted by Crippen LogP contribution is 2.30. The van der Waals surface area contributed by atoms with Crippen LogP contribution in [0.25, 0.3) is 5.65 Å². The van der Waals surface area contributed by atoms with Crippen molar-refractivity contribution in [3.63, 3.8) is 0 Å². The third-order valence-corrected chi connectivity index (χ3v) is 7.02. The van der Waals surface area contributed by atoms with Gasteiger partial charge in [0, 0.05) is 12.7 Å². The van der Waals surface area contributed by atoms with Crippen molar-refractivity contribution in [2.45, 2.75) is 71.6 Å². The zero-order valence-corrected chi connectivity index (χ0v) is 23.0. The van der Waals surface area contributed by atoms with E-state index in [9.17, 15) is 18.4 Å². The van der Waals surface area contributed by atoms with Crippen LogP contribution in [0.2, 0.25) is 0 Å². The smallest absolute Gasteiger partial charge is 0.410 e. The first-order valence-corrected chi connectivity index (χ1v) is 12.9. The Bertz CT molecular complexity index is 1420. The molecule has 1 saturated heterocycles. The molecule has 1 N–H and O–H groups in total. The summed E-state index contributed by atoms with van der Waals surface area (Å²) in [5.41, 5.74) is 0.0310. The largest absolute Gasteiger partial charge is 0.485 e. The quantitative estimate of drug-likeness (QED) is 0.379. The molecule has 0 aliphatic carbocycles. The monoisotopic (exact) mass is 564 g/mol.